The summed E-state index contributed by atoms with van der Waals surface area (Å²) in [4.78, 5) is 0. The molecule has 4 aliphatic carbocycles. The maximum atomic E-state index is 11.5. The Balaban J connectivity index is 1.43. The Labute approximate surface area is 160 Å². The van der Waals surface area contributed by atoms with E-state index in [9.17, 15) is 5.11 Å². The molecule has 9 atom stereocenters. The van der Waals surface area contributed by atoms with Crippen LogP contribution >= 0.6 is 0 Å². The maximum absolute atomic E-state index is 11.5. The third kappa shape index (κ3) is 2.12. The second kappa shape index (κ2) is 5.50. The highest BCUT2D eigenvalue weighted by molar-refractivity contribution is 5.16. The first-order valence-electron chi connectivity index (χ1n) is 11.6. The Morgan fingerprint density at radius 2 is 1.73 bits per heavy atom. The van der Waals surface area contributed by atoms with Crippen molar-refractivity contribution >= 4 is 0 Å². The molecule has 0 aromatic carbocycles. The van der Waals surface area contributed by atoms with Crippen LogP contribution in [-0.2, 0) is 4.74 Å². The Kier molecular flexibility index (Phi) is 3.80. The van der Waals surface area contributed by atoms with Crippen molar-refractivity contribution in [3.63, 3.8) is 0 Å². The molecule has 0 aromatic heterocycles. The SMILES string of the molecule is CCC[C@]1(O)CC[C@@H]2[C@@H]3CC[C@H]4C[C@@]5(CO5)[C@H](C)C[C@]4(C)[C@@H]3CC[C@@]21C. The van der Waals surface area contributed by atoms with Crippen molar-refractivity contribution in [2.24, 2.45) is 40.4 Å². The van der Waals surface area contributed by atoms with Gasteiger partial charge in [0, 0.05) is 0 Å². The lowest BCUT2D eigenvalue weighted by Gasteiger charge is -2.62. The average Bonchev–Trinajstić information content (AvgIpc) is 3.31. The van der Waals surface area contributed by atoms with Crippen molar-refractivity contribution in [3.05, 3.63) is 0 Å². The van der Waals surface area contributed by atoms with Crippen LogP contribution in [0.25, 0.3) is 0 Å². The van der Waals surface area contributed by atoms with Crippen LogP contribution < -0.4 is 0 Å². The zero-order valence-electron chi connectivity index (χ0n) is 17.5. The highest BCUT2D eigenvalue weighted by atomic mass is 16.6. The molecule has 0 aromatic rings. The summed E-state index contributed by atoms with van der Waals surface area (Å²) in [5, 5.41) is 11.5. The topological polar surface area (TPSA) is 32.8 Å². The maximum Gasteiger partial charge on any atom is 0.0944 e. The van der Waals surface area contributed by atoms with Gasteiger partial charge in [-0.3, -0.25) is 0 Å². The molecule has 1 heterocycles. The molecule has 5 aliphatic rings. The largest absolute Gasteiger partial charge is 0.389 e. The smallest absolute Gasteiger partial charge is 0.0944 e. The van der Waals surface area contributed by atoms with Gasteiger partial charge in [0.2, 0.25) is 0 Å². The second-order valence-electron chi connectivity index (χ2n) is 11.6. The Hall–Kier alpha value is -0.0800. The first-order chi connectivity index (χ1) is 12.3. The number of aliphatic hydroxyl groups is 1. The number of fused-ring (bicyclic) bond motifs is 5. The molecule has 4 saturated carbocycles. The lowest BCUT2D eigenvalue weighted by atomic mass is 9.43. The number of ether oxygens (including phenoxy) is 1. The van der Waals surface area contributed by atoms with Gasteiger partial charge in [-0.05, 0) is 98.2 Å². The van der Waals surface area contributed by atoms with Crippen molar-refractivity contribution in [1.82, 2.24) is 0 Å². The van der Waals surface area contributed by atoms with Gasteiger partial charge in [-0.2, -0.15) is 0 Å². The van der Waals surface area contributed by atoms with Crippen LogP contribution in [0.15, 0.2) is 0 Å². The van der Waals surface area contributed by atoms with Gasteiger partial charge in [0.1, 0.15) is 0 Å². The third-order valence-electron chi connectivity index (χ3n) is 10.8. The molecule has 0 amide bonds. The number of hydrogen-bond donors (Lipinski definition) is 1. The monoisotopic (exact) mass is 360 g/mol. The van der Waals surface area contributed by atoms with Gasteiger partial charge >= 0.3 is 0 Å². The summed E-state index contributed by atoms with van der Waals surface area (Å²) in [6, 6.07) is 0. The molecule has 1 N–H and O–H groups in total. The lowest BCUT2D eigenvalue weighted by Crippen LogP contribution is -2.58. The molecule has 5 fully saturated rings. The number of rotatable bonds is 2. The fourth-order valence-corrected chi connectivity index (χ4v) is 9.08. The van der Waals surface area contributed by atoms with Gasteiger partial charge in [-0.25, -0.2) is 0 Å². The first-order valence-corrected chi connectivity index (χ1v) is 11.6. The van der Waals surface area contributed by atoms with Crippen molar-refractivity contribution in [3.8, 4) is 0 Å². The van der Waals surface area contributed by atoms with E-state index >= 15 is 0 Å². The van der Waals surface area contributed by atoms with Crippen LogP contribution in [-0.4, -0.2) is 22.9 Å². The summed E-state index contributed by atoms with van der Waals surface area (Å²) >= 11 is 0. The summed E-state index contributed by atoms with van der Waals surface area (Å²) < 4.78 is 5.99. The van der Waals surface area contributed by atoms with Crippen molar-refractivity contribution in [2.75, 3.05) is 6.61 Å². The van der Waals surface area contributed by atoms with Crippen LogP contribution in [0.2, 0.25) is 0 Å². The van der Waals surface area contributed by atoms with Gasteiger partial charge in [0.05, 0.1) is 17.8 Å². The van der Waals surface area contributed by atoms with E-state index < -0.39 is 0 Å². The first kappa shape index (κ1) is 18.0. The Bertz CT molecular complexity index is 583. The van der Waals surface area contributed by atoms with Crippen molar-refractivity contribution in [2.45, 2.75) is 103 Å². The van der Waals surface area contributed by atoms with E-state index in [4.69, 9.17) is 4.74 Å². The lowest BCUT2D eigenvalue weighted by molar-refractivity contribution is -0.163. The van der Waals surface area contributed by atoms with E-state index in [2.05, 4.69) is 27.7 Å². The zero-order valence-corrected chi connectivity index (χ0v) is 17.5. The minimum Gasteiger partial charge on any atom is -0.389 e. The quantitative estimate of drug-likeness (QED) is 0.652. The summed E-state index contributed by atoms with van der Waals surface area (Å²) in [5.74, 6) is 4.13. The normalized spacial score (nSPS) is 61.0. The molecular formula is C24H40O2. The number of epoxide rings is 1. The predicted octanol–water partition coefficient (Wildman–Crippen LogP) is 5.58. The molecule has 0 unspecified atom stereocenters. The Morgan fingerprint density at radius 1 is 1.00 bits per heavy atom. The standard InChI is InChI=1S/C24H40O2/c1-5-10-24(25)12-9-20-18-7-6-17-14-23(15-26-23)16(2)13-21(17,3)19(18)8-11-22(20,24)4/h16-20,25H,5-15H2,1-4H3/t16-,17+,18-,19-,20-,21+,22+,23-,24+/m1/s1. The second-order valence-corrected chi connectivity index (χ2v) is 11.6. The van der Waals surface area contributed by atoms with Gasteiger partial charge in [-0.15, -0.1) is 0 Å². The van der Waals surface area contributed by atoms with E-state index in [1.165, 1.54) is 44.9 Å². The fourth-order valence-electron chi connectivity index (χ4n) is 9.08. The van der Waals surface area contributed by atoms with Crippen LogP contribution in [0.3, 0.4) is 0 Å². The fraction of sp³-hybridized carbons (Fsp3) is 1.00. The van der Waals surface area contributed by atoms with Crippen LogP contribution in [0.1, 0.15) is 91.9 Å². The van der Waals surface area contributed by atoms with Crippen LogP contribution in [0.4, 0.5) is 0 Å². The minimum absolute atomic E-state index is 0.175. The molecule has 5 rings (SSSR count). The molecule has 0 bridgehead atoms. The van der Waals surface area contributed by atoms with E-state index in [1.54, 1.807) is 0 Å². The summed E-state index contributed by atoms with van der Waals surface area (Å²) in [6.45, 7) is 10.8. The number of hydrogen-bond acceptors (Lipinski definition) is 2. The van der Waals surface area contributed by atoms with Gasteiger partial charge in [-0.1, -0.05) is 34.1 Å². The molecule has 1 spiro atoms. The predicted molar refractivity (Wildman–Crippen MR) is 105 cm³/mol. The summed E-state index contributed by atoms with van der Waals surface area (Å²) in [5.41, 5.74) is 0.580. The minimum atomic E-state index is -0.388. The molecular weight excluding hydrogens is 320 g/mol. The summed E-state index contributed by atoms with van der Waals surface area (Å²) in [6.07, 6.45) is 12.6. The molecule has 148 valence electrons. The van der Waals surface area contributed by atoms with Gasteiger partial charge < -0.3 is 9.84 Å². The van der Waals surface area contributed by atoms with Crippen molar-refractivity contribution < 1.29 is 9.84 Å². The molecule has 2 heteroatoms. The highest BCUT2D eigenvalue weighted by Gasteiger charge is 2.67. The van der Waals surface area contributed by atoms with E-state index in [0.717, 1.165) is 55.5 Å². The van der Waals surface area contributed by atoms with Crippen molar-refractivity contribution in [1.29, 1.82) is 0 Å². The Morgan fingerprint density at radius 3 is 2.42 bits per heavy atom. The third-order valence-corrected chi connectivity index (χ3v) is 10.8. The van der Waals surface area contributed by atoms with Crippen LogP contribution in [0.5, 0.6) is 0 Å². The average molecular weight is 361 g/mol. The zero-order chi connectivity index (χ0) is 18.4. The highest BCUT2D eigenvalue weighted by Crippen LogP contribution is 2.70. The summed E-state index contributed by atoms with van der Waals surface area (Å²) in [7, 11) is 0. The molecule has 2 nitrogen and oxygen atoms in total. The van der Waals surface area contributed by atoms with E-state index in [-0.39, 0.29) is 16.6 Å². The molecule has 1 saturated heterocycles. The molecule has 26 heavy (non-hydrogen) atoms. The van der Waals surface area contributed by atoms with E-state index in [0.29, 0.717) is 5.41 Å². The molecule has 0 radical (unpaired) electrons. The van der Waals surface area contributed by atoms with Crippen LogP contribution in [0, 0.1) is 40.4 Å². The molecule has 1 aliphatic heterocycles. The van der Waals surface area contributed by atoms with E-state index in [1.807, 2.05) is 0 Å². The van der Waals surface area contributed by atoms with Gasteiger partial charge in [0.25, 0.3) is 0 Å². The van der Waals surface area contributed by atoms with Gasteiger partial charge in [0.15, 0.2) is 0 Å².